The number of rotatable bonds is 4. The Balaban J connectivity index is 1.47. The molecule has 4 heterocycles. The molecule has 0 radical (unpaired) electrons. The lowest BCUT2D eigenvalue weighted by atomic mass is 9.74. The van der Waals surface area contributed by atoms with Gasteiger partial charge in [-0.05, 0) is 42.7 Å². The largest absolute Gasteiger partial charge is 0.460 e. The number of carbonyl (C=O) groups is 4. The zero-order valence-electron chi connectivity index (χ0n) is 24.3. The molecule has 0 aromatic heterocycles. The lowest BCUT2D eigenvalue weighted by Crippen LogP contribution is -2.58. The molecule has 1 spiro atoms. The van der Waals surface area contributed by atoms with E-state index in [-0.39, 0.29) is 37.9 Å². The van der Waals surface area contributed by atoms with Crippen molar-refractivity contribution in [3.05, 3.63) is 66.8 Å². The van der Waals surface area contributed by atoms with Crippen LogP contribution in [0.5, 0.6) is 0 Å². The van der Waals surface area contributed by atoms with E-state index in [4.69, 9.17) is 9.47 Å². The molecule has 2 aromatic rings. The van der Waals surface area contributed by atoms with Gasteiger partial charge in [-0.3, -0.25) is 19.2 Å². The second-order valence-electron chi connectivity index (χ2n) is 11.7. The standard InChI is InChI=1S/C33H37N3O7/c1-3-23(19-37)36-29-31(40)35(24-13-12-21-9-6-7-10-22(21)17-24)16-8-4-5-11-26(38)34-18-20(2)42-32(41)27-25-14-15-33(29,43-25)28(27)30(36)39/h4,6-10,12-15,17,20,23,25,27-29,37H,3,5,11,16,18-19H2,1-2H3,(H,34,38)/b8-4-/t20-,23-,25+,27-,28-,29+,33-/m0/s1. The Kier molecular flexibility index (Phi) is 7.83. The summed E-state index contributed by atoms with van der Waals surface area (Å²) in [5.41, 5.74) is -0.760. The summed E-state index contributed by atoms with van der Waals surface area (Å²) < 4.78 is 12.2. The van der Waals surface area contributed by atoms with Gasteiger partial charge in [-0.2, -0.15) is 0 Å². The fourth-order valence-electron chi connectivity index (χ4n) is 6.96. The molecule has 0 aliphatic carbocycles. The number of likely N-dealkylation sites (tertiary alicyclic amines) is 1. The number of allylic oxidation sites excluding steroid dienone is 1. The third-order valence-electron chi connectivity index (χ3n) is 9.10. The van der Waals surface area contributed by atoms with Crippen LogP contribution in [0.1, 0.15) is 33.1 Å². The average Bonchev–Trinajstić information content (AvgIpc) is 3.65. The summed E-state index contributed by atoms with van der Waals surface area (Å²) in [6.07, 6.45) is 6.94. The number of esters is 1. The Morgan fingerprint density at radius 1 is 1.07 bits per heavy atom. The fraction of sp³-hybridized carbons (Fsp3) is 0.455. The highest BCUT2D eigenvalue weighted by molar-refractivity contribution is 6.06. The summed E-state index contributed by atoms with van der Waals surface area (Å²) in [6, 6.07) is 11.8. The van der Waals surface area contributed by atoms with Crippen molar-refractivity contribution in [2.24, 2.45) is 11.8 Å². The number of carbonyl (C=O) groups excluding carboxylic acids is 4. The van der Waals surface area contributed by atoms with Crippen LogP contribution in [-0.2, 0) is 28.7 Å². The Labute approximate surface area is 250 Å². The summed E-state index contributed by atoms with van der Waals surface area (Å²) in [7, 11) is 0. The van der Waals surface area contributed by atoms with E-state index in [0.29, 0.717) is 18.5 Å². The zero-order chi connectivity index (χ0) is 30.3. The van der Waals surface area contributed by atoms with Gasteiger partial charge in [-0.1, -0.05) is 61.6 Å². The maximum absolute atomic E-state index is 14.9. The number of nitrogens with zero attached hydrogens (tertiary/aromatic N) is 2. The molecule has 10 heteroatoms. The van der Waals surface area contributed by atoms with Crippen LogP contribution in [0, 0.1) is 11.8 Å². The summed E-state index contributed by atoms with van der Waals surface area (Å²) in [6.45, 7) is 3.51. The van der Waals surface area contributed by atoms with Crippen molar-refractivity contribution in [2.75, 3.05) is 24.6 Å². The molecule has 43 heavy (non-hydrogen) atoms. The molecule has 10 nitrogen and oxygen atoms in total. The molecule has 7 atom stereocenters. The van der Waals surface area contributed by atoms with Gasteiger partial charge in [0.1, 0.15) is 23.7 Å². The molecule has 4 aliphatic heterocycles. The minimum atomic E-state index is -1.39. The molecule has 3 amide bonds. The topological polar surface area (TPSA) is 125 Å². The van der Waals surface area contributed by atoms with Crippen LogP contribution in [0.3, 0.4) is 0 Å². The van der Waals surface area contributed by atoms with Crippen LogP contribution in [0.2, 0.25) is 0 Å². The number of hydrogen-bond acceptors (Lipinski definition) is 7. The Morgan fingerprint density at radius 3 is 2.63 bits per heavy atom. The van der Waals surface area contributed by atoms with E-state index in [0.717, 1.165) is 10.8 Å². The minimum Gasteiger partial charge on any atom is -0.460 e. The number of aliphatic hydroxyl groups excluding tert-OH is 1. The monoisotopic (exact) mass is 587 g/mol. The molecule has 2 N–H and O–H groups in total. The van der Waals surface area contributed by atoms with Gasteiger partial charge in [0.15, 0.2) is 0 Å². The number of anilines is 1. The first kappa shape index (κ1) is 29.1. The molecule has 0 saturated carbocycles. The fourth-order valence-corrected chi connectivity index (χ4v) is 6.96. The first-order valence-corrected chi connectivity index (χ1v) is 15.0. The molecule has 4 aliphatic rings. The van der Waals surface area contributed by atoms with E-state index in [2.05, 4.69) is 5.32 Å². The number of hydrogen-bond donors (Lipinski definition) is 2. The van der Waals surface area contributed by atoms with Gasteiger partial charge in [0, 0.05) is 18.7 Å². The third-order valence-corrected chi connectivity index (χ3v) is 9.10. The van der Waals surface area contributed by atoms with Crippen LogP contribution < -0.4 is 10.2 Å². The van der Waals surface area contributed by atoms with Crippen molar-refractivity contribution in [1.29, 1.82) is 0 Å². The number of cyclic esters (lactones) is 1. The maximum Gasteiger partial charge on any atom is 0.313 e. The highest BCUT2D eigenvalue weighted by Crippen LogP contribution is 2.56. The van der Waals surface area contributed by atoms with Gasteiger partial charge in [0.05, 0.1) is 31.2 Å². The number of ether oxygens (including phenoxy) is 2. The highest BCUT2D eigenvalue weighted by Gasteiger charge is 2.74. The molecule has 226 valence electrons. The summed E-state index contributed by atoms with van der Waals surface area (Å²) in [5, 5.41) is 15.1. The lowest BCUT2D eigenvalue weighted by Gasteiger charge is -2.38. The second kappa shape index (κ2) is 11.6. The van der Waals surface area contributed by atoms with Crippen molar-refractivity contribution < 1.29 is 33.8 Å². The van der Waals surface area contributed by atoms with Gasteiger partial charge in [-0.25, -0.2) is 0 Å². The zero-order valence-corrected chi connectivity index (χ0v) is 24.3. The Hall–Kier alpha value is -4.02. The van der Waals surface area contributed by atoms with Gasteiger partial charge >= 0.3 is 5.97 Å². The van der Waals surface area contributed by atoms with Crippen LogP contribution in [-0.4, -0.2) is 83.3 Å². The van der Waals surface area contributed by atoms with E-state index < -0.39 is 53.6 Å². The number of aliphatic hydroxyl groups is 1. The van der Waals surface area contributed by atoms with E-state index in [1.54, 1.807) is 24.0 Å². The minimum absolute atomic E-state index is 0.136. The molecular formula is C33H37N3O7. The van der Waals surface area contributed by atoms with Crippen LogP contribution in [0.15, 0.2) is 66.8 Å². The highest BCUT2D eigenvalue weighted by atomic mass is 16.6. The predicted molar refractivity (Wildman–Crippen MR) is 159 cm³/mol. The summed E-state index contributed by atoms with van der Waals surface area (Å²) >= 11 is 0. The van der Waals surface area contributed by atoms with Crippen molar-refractivity contribution in [2.45, 2.75) is 63.0 Å². The quantitative estimate of drug-likeness (QED) is 0.416. The first-order valence-electron chi connectivity index (χ1n) is 15.0. The average molecular weight is 588 g/mol. The second-order valence-corrected chi connectivity index (χ2v) is 11.7. The van der Waals surface area contributed by atoms with Crippen molar-refractivity contribution in [3.8, 4) is 0 Å². The smallest absolute Gasteiger partial charge is 0.313 e. The van der Waals surface area contributed by atoms with E-state index in [9.17, 15) is 24.3 Å². The first-order chi connectivity index (χ1) is 20.8. The number of benzene rings is 2. The predicted octanol–water partition coefficient (Wildman–Crippen LogP) is 2.49. The van der Waals surface area contributed by atoms with Crippen molar-refractivity contribution in [3.63, 3.8) is 0 Å². The number of fused-ring (bicyclic) bond motifs is 3. The SMILES string of the molecule is CC[C@@H](CO)N1C(=O)[C@@H]2[C@H]3C(=O)O[C@@H](C)CNC(=O)CC/C=C\CN(c4ccc5ccccc5c4)C(=O)[C@@H]1[C@]21C=C[C@H]3O1. The Bertz CT molecular complexity index is 1500. The third kappa shape index (κ3) is 4.92. The maximum atomic E-state index is 14.9. The summed E-state index contributed by atoms with van der Waals surface area (Å²) in [5.74, 6) is -3.53. The van der Waals surface area contributed by atoms with Crippen molar-refractivity contribution >= 4 is 40.2 Å². The van der Waals surface area contributed by atoms with Crippen LogP contribution in [0.25, 0.3) is 10.8 Å². The van der Waals surface area contributed by atoms with Crippen LogP contribution in [0.4, 0.5) is 5.69 Å². The van der Waals surface area contributed by atoms with E-state index >= 15 is 0 Å². The Morgan fingerprint density at radius 2 is 1.86 bits per heavy atom. The number of amides is 3. The van der Waals surface area contributed by atoms with Gasteiger partial charge in [0.2, 0.25) is 11.8 Å². The molecular weight excluding hydrogens is 550 g/mol. The normalized spacial score (nSPS) is 32.6. The van der Waals surface area contributed by atoms with Gasteiger partial charge in [0.25, 0.3) is 5.91 Å². The van der Waals surface area contributed by atoms with Gasteiger partial charge in [-0.15, -0.1) is 0 Å². The molecule has 6 rings (SSSR count). The molecule has 2 saturated heterocycles. The lowest BCUT2D eigenvalue weighted by molar-refractivity contribution is -0.159. The summed E-state index contributed by atoms with van der Waals surface area (Å²) in [4.78, 5) is 58.2. The van der Waals surface area contributed by atoms with Crippen molar-refractivity contribution in [1.82, 2.24) is 10.2 Å². The van der Waals surface area contributed by atoms with Gasteiger partial charge < -0.3 is 29.7 Å². The molecule has 0 unspecified atom stereocenters. The number of nitrogens with one attached hydrogen (secondary N) is 1. The van der Waals surface area contributed by atoms with E-state index in [1.807, 2.05) is 61.5 Å². The molecule has 2 aromatic carbocycles. The molecule has 5 bridgehead atoms. The molecule has 2 fully saturated rings. The van der Waals surface area contributed by atoms with Crippen LogP contribution >= 0.6 is 0 Å². The van der Waals surface area contributed by atoms with E-state index in [1.165, 1.54) is 4.90 Å².